The van der Waals surface area contributed by atoms with Crippen molar-refractivity contribution in [3.8, 4) is 6.07 Å². The summed E-state index contributed by atoms with van der Waals surface area (Å²) < 4.78 is 26.9. The number of rotatable bonds is 2. The van der Waals surface area contributed by atoms with E-state index in [1.165, 1.54) is 6.07 Å². The van der Waals surface area contributed by atoms with Crippen LogP contribution in [0.15, 0.2) is 40.9 Å². The number of hydrogen-bond acceptors (Lipinski definition) is 2. The van der Waals surface area contributed by atoms with Gasteiger partial charge in [0.15, 0.2) is 0 Å². The minimum absolute atomic E-state index is 0.164. The first-order chi connectivity index (χ1) is 9.99. The van der Waals surface area contributed by atoms with Crippen LogP contribution in [0.1, 0.15) is 5.56 Å². The van der Waals surface area contributed by atoms with Crippen LogP contribution in [0.3, 0.4) is 0 Å². The third kappa shape index (κ3) is 3.77. The Morgan fingerprint density at radius 2 is 1.81 bits per heavy atom. The topological polar surface area (TPSA) is 64.9 Å². The largest absolute Gasteiger partial charge is 0.323 e. The fraction of sp³-hybridized carbons (Fsp3) is 0. The minimum atomic E-state index is -0.889. The molecule has 0 fully saturated rings. The number of urea groups is 1. The maximum Gasteiger partial charge on any atom is 0.323 e. The molecule has 0 aliphatic carbocycles. The Kier molecular flexibility index (Phi) is 4.50. The Labute approximate surface area is 127 Å². The van der Waals surface area contributed by atoms with E-state index in [0.717, 1.165) is 12.1 Å². The van der Waals surface area contributed by atoms with Crippen LogP contribution in [0, 0.1) is 23.0 Å². The molecule has 7 heteroatoms. The van der Waals surface area contributed by atoms with Crippen molar-refractivity contribution in [1.29, 1.82) is 5.26 Å². The maximum atomic E-state index is 13.4. The van der Waals surface area contributed by atoms with Crippen LogP contribution in [-0.4, -0.2) is 6.03 Å². The van der Waals surface area contributed by atoms with Crippen LogP contribution in [0.25, 0.3) is 0 Å². The molecule has 0 aliphatic rings. The highest BCUT2D eigenvalue weighted by atomic mass is 79.9. The Bertz CT molecular complexity index is 743. The molecule has 2 aromatic rings. The van der Waals surface area contributed by atoms with Crippen LogP contribution in [-0.2, 0) is 0 Å². The summed E-state index contributed by atoms with van der Waals surface area (Å²) in [6, 6.07) is 8.70. The molecular formula is C14H8BrF2N3O. The summed E-state index contributed by atoms with van der Waals surface area (Å²) in [7, 11) is 0. The number of carbonyl (C=O) groups excluding carboxylic acids is 1. The van der Waals surface area contributed by atoms with Crippen molar-refractivity contribution in [3.63, 3.8) is 0 Å². The van der Waals surface area contributed by atoms with Gasteiger partial charge >= 0.3 is 6.03 Å². The number of benzene rings is 2. The quantitative estimate of drug-likeness (QED) is 0.849. The second kappa shape index (κ2) is 6.33. The fourth-order valence-electron chi connectivity index (χ4n) is 1.58. The predicted molar refractivity (Wildman–Crippen MR) is 77.9 cm³/mol. The lowest BCUT2D eigenvalue weighted by atomic mass is 10.2. The van der Waals surface area contributed by atoms with Crippen LogP contribution < -0.4 is 10.6 Å². The Morgan fingerprint density at radius 1 is 1.10 bits per heavy atom. The zero-order valence-corrected chi connectivity index (χ0v) is 12.0. The molecule has 2 amide bonds. The summed E-state index contributed by atoms with van der Waals surface area (Å²) >= 11 is 3.22. The number of nitrogens with one attached hydrogen (secondary N) is 2. The molecule has 0 atom stereocenters. The van der Waals surface area contributed by atoms with E-state index in [4.69, 9.17) is 5.26 Å². The number of halogens is 3. The Hall–Kier alpha value is -2.46. The van der Waals surface area contributed by atoms with Gasteiger partial charge in [0.1, 0.15) is 17.7 Å². The zero-order valence-electron chi connectivity index (χ0n) is 10.5. The molecule has 0 saturated carbocycles. The summed E-state index contributed by atoms with van der Waals surface area (Å²) in [5.74, 6) is -1.63. The highest BCUT2D eigenvalue weighted by Gasteiger charge is 2.10. The Balaban J connectivity index is 2.15. The van der Waals surface area contributed by atoms with Gasteiger partial charge in [0.05, 0.1) is 16.9 Å². The molecule has 2 N–H and O–H groups in total. The van der Waals surface area contributed by atoms with E-state index in [1.807, 2.05) is 6.07 Å². The Morgan fingerprint density at radius 3 is 2.48 bits per heavy atom. The number of nitrogens with zero attached hydrogens (tertiary/aromatic N) is 1. The van der Waals surface area contributed by atoms with Gasteiger partial charge in [-0.1, -0.05) is 15.9 Å². The van der Waals surface area contributed by atoms with Crippen LogP contribution >= 0.6 is 15.9 Å². The SMILES string of the molecule is N#Cc1ccc(Br)cc1NC(=O)Nc1ccc(F)cc1F. The normalized spacial score (nSPS) is 9.81. The first kappa shape index (κ1) is 14.9. The van der Waals surface area contributed by atoms with Gasteiger partial charge in [0.2, 0.25) is 0 Å². The average molecular weight is 352 g/mol. The standard InChI is InChI=1S/C14H8BrF2N3O/c15-9-2-1-8(7-18)13(5-9)20-14(21)19-12-4-3-10(16)6-11(12)17/h1-6H,(H2,19,20,21). The summed E-state index contributed by atoms with van der Waals surface area (Å²) in [4.78, 5) is 11.8. The van der Waals surface area contributed by atoms with Crippen LogP contribution in [0.2, 0.25) is 0 Å². The van der Waals surface area contributed by atoms with E-state index in [1.54, 1.807) is 12.1 Å². The van der Waals surface area contributed by atoms with E-state index in [-0.39, 0.29) is 16.9 Å². The van der Waals surface area contributed by atoms with Gasteiger partial charge in [-0.2, -0.15) is 5.26 Å². The number of anilines is 2. The minimum Gasteiger partial charge on any atom is -0.306 e. The monoisotopic (exact) mass is 351 g/mol. The molecular weight excluding hydrogens is 344 g/mol. The predicted octanol–water partition coefficient (Wildman–Crippen LogP) is 4.24. The second-order valence-electron chi connectivity index (χ2n) is 4.01. The zero-order chi connectivity index (χ0) is 15.4. The van der Waals surface area contributed by atoms with Crippen LogP contribution in [0.4, 0.5) is 25.0 Å². The second-order valence-corrected chi connectivity index (χ2v) is 4.92. The third-order valence-electron chi connectivity index (χ3n) is 2.53. The van der Waals surface area contributed by atoms with Crippen molar-refractivity contribution < 1.29 is 13.6 Å². The van der Waals surface area contributed by atoms with Crippen LogP contribution in [0.5, 0.6) is 0 Å². The van der Waals surface area contributed by atoms with Gasteiger partial charge in [-0.3, -0.25) is 0 Å². The third-order valence-corrected chi connectivity index (χ3v) is 3.02. The van der Waals surface area contributed by atoms with Crippen molar-refractivity contribution in [2.75, 3.05) is 10.6 Å². The fourth-order valence-corrected chi connectivity index (χ4v) is 1.95. The number of carbonyl (C=O) groups is 1. The highest BCUT2D eigenvalue weighted by molar-refractivity contribution is 9.10. The van der Waals surface area contributed by atoms with Gasteiger partial charge in [-0.15, -0.1) is 0 Å². The lowest BCUT2D eigenvalue weighted by Gasteiger charge is -2.10. The molecule has 21 heavy (non-hydrogen) atoms. The summed E-state index contributed by atoms with van der Waals surface area (Å²) in [5, 5.41) is 13.6. The summed E-state index contributed by atoms with van der Waals surface area (Å²) in [5.41, 5.74) is 0.363. The molecule has 106 valence electrons. The van der Waals surface area contributed by atoms with Crippen molar-refractivity contribution >= 4 is 33.3 Å². The molecule has 2 aromatic carbocycles. The molecule has 0 radical (unpaired) electrons. The van der Waals surface area contributed by atoms with Gasteiger partial charge in [0.25, 0.3) is 0 Å². The molecule has 0 aliphatic heterocycles. The van der Waals surface area contributed by atoms with Crippen molar-refractivity contribution in [1.82, 2.24) is 0 Å². The first-order valence-corrected chi connectivity index (χ1v) is 6.51. The van der Waals surface area contributed by atoms with Gasteiger partial charge in [-0.05, 0) is 30.3 Å². The molecule has 4 nitrogen and oxygen atoms in total. The van der Waals surface area contributed by atoms with Crippen molar-refractivity contribution in [2.24, 2.45) is 0 Å². The highest BCUT2D eigenvalue weighted by Crippen LogP contribution is 2.21. The van der Waals surface area contributed by atoms with Gasteiger partial charge < -0.3 is 10.6 Å². The van der Waals surface area contributed by atoms with E-state index >= 15 is 0 Å². The van der Waals surface area contributed by atoms with Gasteiger partial charge in [-0.25, -0.2) is 13.6 Å². The smallest absolute Gasteiger partial charge is 0.306 e. The average Bonchev–Trinajstić information content (AvgIpc) is 2.42. The van der Waals surface area contributed by atoms with Gasteiger partial charge in [0, 0.05) is 10.5 Å². The molecule has 0 spiro atoms. The van der Waals surface area contributed by atoms with E-state index < -0.39 is 17.7 Å². The molecule has 0 unspecified atom stereocenters. The molecule has 2 rings (SSSR count). The summed E-state index contributed by atoms with van der Waals surface area (Å²) in [6.45, 7) is 0. The number of hydrogen-bond donors (Lipinski definition) is 2. The van der Waals surface area contributed by atoms with E-state index in [2.05, 4.69) is 26.6 Å². The van der Waals surface area contributed by atoms with Crippen molar-refractivity contribution in [3.05, 3.63) is 58.1 Å². The molecule has 0 aromatic heterocycles. The maximum absolute atomic E-state index is 13.4. The van der Waals surface area contributed by atoms with Crippen molar-refractivity contribution in [2.45, 2.75) is 0 Å². The lowest BCUT2D eigenvalue weighted by Crippen LogP contribution is -2.20. The number of nitriles is 1. The summed E-state index contributed by atoms with van der Waals surface area (Å²) in [6.07, 6.45) is 0. The molecule has 0 heterocycles. The number of amides is 2. The molecule has 0 saturated heterocycles. The molecule has 0 bridgehead atoms. The van der Waals surface area contributed by atoms with E-state index in [9.17, 15) is 13.6 Å². The lowest BCUT2D eigenvalue weighted by molar-refractivity contribution is 0.262. The van der Waals surface area contributed by atoms with E-state index in [0.29, 0.717) is 10.5 Å². The first-order valence-electron chi connectivity index (χ1n) is 5.72.